The van der Waals surface area contributed by atoms with E-state index in [2.05, 4.69) is 6.92 Å². The van der Waals surface area contributed by atoms with Crippen LogP contribution in [0.15, 0.2) is 12.2 Å². The Balaban J connectivity index is 3.01. The van der Waals surface area contributed by atoms with Crippen molar-refractivity contribution in [2.75, 3.05) is 0 Å². The summed E-state index contributed by atoms with van der Waals surface area (Å²) < 4.78 is 0. The molecule has 0 aliphatic rings. The highest BCUT2D eigenvalue weighted by molar-refractivity contribution is 5.79. The normalized spacial score (nSPS) is 11.3. The van der Waals surface area contributed by atoms with Gasteiger partial charge >= 0.3 is 5.97 Å². The average Bonchev–Trinajstić information content (AvgIpc) is 2.50. The summed E-state index contributed by atoms with van der Waals surface area (Å²) in [5.74, 6) is -0.832. The largest absolute Gasteiger partial charge is 0.478 e. The molecular formula is C20H38O2. The van der Waals surface area contributed by atoms with Crippen molar-refractivity contribution in [2.45, 2.75) is 110 Å². The van der Waals surface area contributed by atoms with E-state index in [1.54, 1.807) is 6.08 Å². The summed E-state index contributed by atoms with van der Waals surface area (Å²) >= 11 is 0. The molecule has 0 amide bonds. The number of aliphatic carboxylic acids is 1. The molecule has 0 aliphatic heterocycles. The van der Waals surface area contributed by atoms with Crippen molar-refractivity contribution in [1.29, 1.82) is 0 Å². The summed E-state index contributed by atoms with van der Waals surface area (Å²) in [7, 11) is 0. The maximum atomic E-state index is 10.3. The smallest absolute Gasteiger partial charge is 0.327 e. The second-order valence-electron chi connectivity index (χ2n) is 6.48. The van der Waals surface area contributed by atoms with E-state index >= 15 is 0 Å². The van der Waals surface area contributed by atoms with Gasteiger partial charge in [-0.15, -0.1) is 0 Å². The Hall–Kier alpha value is -0.790. The molecule has 0 unspecified atom stereocenters. The highest BCUT2D eigenvalue weighted by Crippen LogP contribution is 2.13. The lowest BCUT2D eigenvalue weighted by molar-refractivity contribution is -0.131. The first-order chi connectivity index (χ1) is 10.8. The van der Waals surface area contributed by atoms with Crippen molar-refractivity contribution >= 4 is 5.97 Å². The summed E-state index contributed by atoms with van der Waals surface area (Å²) in [6.07, 6.45) is 24.5. The van der Waals surface area contributed by atoms with Crippen LogP contribution < -0.4 is 0 Å². The van der Waals surface area contributed by atoms with Crippen LogP contribution in [0.5, 0.6) is 0 Å². The maximum Gasteiger partial charge on any atom is 0.327 e. The maximum absolute atomic E-state index is 10.3. The molecule has 0 radical (unpaired) electrons. The van der Waals surface area contributed by atoms with Gasteiger partial charge < -0.3 is 5.11 Å². The molecule has 0 aliphatic carbocycles. The lowest BCUT2D eigenvalue weighted by Gasteiger charge is -2.03. The van der Waals surface area contributed by atoms with Gasteiger partial charge in [-0.3, -0.25) is 0 Å². The molecule has 0 aromatic carbocycles. The van der Waals surface area contributed by atoms with E-state index in [9.17, 15) is 4.79 Å². The Morgan fingerprint density at radius 3 is 1.41 bits per heavy atom. The van der Waals surface area contributed by atoms with Gasteiger partial charge in [0.15, 0.2) is 0 Å². The number of allylic oxidation sites excluding steroid dienone is 1. The quantitative estimate of drug-likeness (QED) is 0.234. The summed E-state index contributed by atoms with van der Waals surface area (Å²) in [5.41, 5.74) is 0. The molecule has 0 spiro atoms. The summed E-state index contributed by atoms with van der Waals surface area (Å²) in [4.78, 5) is 10.3. The lowest BCUT2D eigenvalue weighted by Crippen LogP contribution is -1.86. The van der Waals surface area contributed by atoms with Crippen LogP contribution in [0.3, 0.4) is 0 Å². The molecule has 0 saturated heterocycles. The molecule has 1 N–H and O–H groups in total. The Morgan fingerprint density at radius 1 is 0.682 bits per heavy atom. The number of unbranched alkanes of at least 4 members (excludes halogenated alkanes) is 15. The third-order valence-electron chi connectivity index (χ3n) is 4.23. The van der Waals surface area contributed by atoms with Gasteiger partial charge in [-0.2, -0.15) is 0 Å². The van der Waals surface area contributed by atoms with E-state index in [1.807, 2.05) is 0 Å². The molecule has 0 aromatic heterocycles. The van der Waals surface area contributed by atoms with Gasteiger partial charge in [0.2, 0.25) is 0 Å². The number of hydrogen-bond acceptors (Lipinski definition) is 1. The molecule has 0 aromatic rings. The van der Waals surface area contributed by atoms with Gasteiger partial charge in [0.05, 0.1) is 0 Å². The Morgan fingerprint density at radius 2 is 1.05 bits per heavy atom. The van der Waals surface area contributed by atoms with E-state index in [4.69, 9.17) is 5.11 Å². The third-order valence-corrected chi connectivity index (χ3v) is 4.23. The third kappa shape index (κ3) is 19.2. The highest BCUT2D eigenvalue weighted by Gasteiger charge is 1.94. The SMILES string of the molecule is CCCCCCCCCCCCCCCCCC=CC(=O)O. The minimum Gasteiger partial charge on any atom is -0.478 e. The molecular weight excluding hydrogens is 272 g/mol. The highest BCUT2D eigenvalue weighted by atomic mass is 16.4. The van der Waals surface area contributed by atoms with E-state index < -0.39 is 5.97 Å². The zero-order valence-electron chi connectivity index (χ0n) is 14.8. The molecule has 0 rings (SSSR count). The number of rotatable bonds is 17. The molecule has 0 bridgehead atoms. The van der Waals surface area contributed by atoms with Crippen LogP contribution in [-0.2, 0) is 4.79 Å². The number of carboxylic acids is 1. The van der Waals surface area contributed by atoms with Gasteiger partial charge in [0, 0.05) is 6.08 Å². The molecule has 2 nitrogen and oxygen atoms in total. The molecule has 2 heteroatoms. The fraction of sp³-hybridized carbons (Fsp3) is 0.850. The zero-order chi connectivity index (χ0) is 16.3. The van der Waals surface area contributed by atoms with Crippen LogP contribution >= 0.6 is 0 Å². The Labute approximate surface area is 138 Å². The van der Waals surface area contributed by atoms with E-state index in [0.717, 1.165) is 12.8 Å². The number of hydrogen-bond donors (Lipinski definition) is 1. The topological polar surface area (TPSA) is 37.3 Å². The van der Waals surface area contributed by atoms with Crippen molar-refractivity contribution < 1.29 is 9.90 Å². The lowest BCUT2D eigenvalue weighted by atomic mass is 10.0. The Kier molecular flexibility index (Phi) is 17.6. The minimum atomic E-state index is -0.832. The van der Waals surface area contributed by atoms with Gasteiger partial charge in [0.25, 0.3) is 0 Å². The van der Waals surface area contributed by atoms with Gasteiger partial charge in [-0.1, -0.05) is 103 Å². The van der Waals surface area contributed by atoms with E-state index in [1.165, 1.54) is 96.0 Å². The average molecular weight is 311 g/mol. The molecule has 22 heavy (non-hydrogen) atoms. The van der Waals surface area contributed by atoms with Crippen LogP contribution in [0.25, 0.3) is 0 Å². The second-order valence-corrected chi connectivity index (χ2v) is 6.48. The predicted octanol–water partition coefficient (Wildman–Crippen LogP) is 6.89. The van der Waals surface area contributed by atoms with E-state index in [0.29, 0.717) is 0 Å². The minimum absolute atomic E-state index is 0.832. The van der Waals surface area contributed by atoms with Crippen LogP contribution in [0, 0.1) is 0 Å². The van der Waals surface area contributed by atoms with Crippen LogP contribution in [0.4, 0.5) is 0 Å². The summed E-state index contributed by atoms with van der Waals surface area (Å²) in [6.45, 7) is 2.27. The van der Waals surface area contributed by atoms with Crippen LogP contribution in [0.1, 0.15) is 110 Å². The van der Waals surface area contributed by atoms with Crippen LogP contribution in [0.2, 0.25) is 0 Å². The van der Waals surface area contributed by atoms with Crippen molar-refractivity contribution in [1.82, 2.24) is 0 Å². The molecule has 130 valence electrons. The molecule has 0 fully saturated rings. The molecule has 0 heterocycles. The van der Waals surface area contributed by atoms with Gasteiger partial charge in [-0.05, 0) is 12.8 Å². The predicted molar refractivity (Wildman–Crippen MR) is 96.3 cm³/mol. The fourth-order valence-corrected chi connectivity index (χ4v) is 2.82. The summed E-state index contributed by atoms with van der Waals surface area (Å²) in [5, 5.41) is 8.45. The van der Waals surface area contributed by atoms with Crippen molar-refractivity contribution in [3.05, 3.63) is 12.2 Å². The van der Waals surface area contributed by atoms with Crippen molar-refractivity contribution in [3.63, 3.8) is 0 Å². The monoisotopic (exact) mass is 310 g/mol. The fourth-order valence-electron chi connectivity index (χ4n) is 2.82. The standard InChI is InChI=1S/C20H38O2/c1-2-3-4-5-6-7-8-9-10-11-12-13-14-15-16-17-18-19-20(21)22/h18-19H,2-17H2,1H3,(H,21,22). The van der Waals surface area contributed by atoms with Crippen molar-refractivity contribution in [2.24, 2.45) is 0 Å². The van der Waals surface area contributed by atoms with Crippen molar-refractivity contribution in [3.8, 4) is 0 Å². The first-order valence-corrected chi connectivity index (χ1v) is 9.67. The summed E-state index contributed by atoms with van der Waals surface area (Å²) in [6, 6.07) is 0. The second kappa shape index (κ2) is 18.3. The Bertz CT molecular complexity index is 258. The van der Waals surface area contributed by atoms with Gasteiger partial charge in [-0.25, -0.2) is 4.79 Å². The van der Waals surface area contributed by atoms with Gasteiger partial charge in [0.1, 0.15) is 0 Å². The zero-order valence-corrected chi connectivity index (χ0v) is 14.8. The number of carboxylic acid groups (broad SMARTS) is 1. The van der Waals surface area contributed by atoms with Crippen LogP contribution in [-0.4, -0.2) is 11.1 Å². The first-order valence-electron chi connectivity index (χ1n) is 9.67. The first kappa shape index (κ1) is 21.2. The molecule has 0 saturated carbocycles. The van der Waals surface area contributed by atoms with E-state index in [-0.39, 0.29) is 0 Å². The number of carbonyl (C=O) groups is 1. The molecule has 0 atom stereocenters.